The van der Waals surface area contributed by atoms with Gasteiger partial charge in [-0.05, 0) is 36.5 Å². The minimum Gasteiger partial charge on any atom is -0.497 e. The summed E-state index contributed by atoms with van der Waals surface area (Å²) < 4.78 is 5.18. The standard InChI is InChI=1S/C18H30N4O2/c1-5-11-20-17(23)13-22-18(19-3)21-12-10-14(2)15-6-8-16(24-4)9-7-15/h6-9,14H,5,10-13H2,1-4H3,(H,20,23)(H2,19,21,22). The fraction of sp³-hybridized carbons (Fsp3) is 0.556. The van der Waals surface area contributed by atoms with Gasteiger partial charge in [0.1, 0.15) is 5.75 Å². The van der Waals surface area contributed by atoms with Gasteiger partial charge in [0, 0.05) is 20.1 Å². The Morgan fingerprint density at radius 2 is 1.88 bits per heavy atom. The van der Waals surface area contributed by atoms with Crippen molar-refractivity contribution in [3.8, 4) is 5.75 Å². The van der Waals surface area contributed by atoms with E-state index >= 15 is 0 Å². The molecular weight excluding hydrogens is 304 g/mol. The number of nitrogens with one attached hydrogen (secondary N) is 3. The Hall–Kier alpha value is -2.24. The molecule has 1 unspecified atom stereocenters. The Kier molecular flexibility index (Phi) is 9.34. The Balaban J connectivity index is 2.31. The van der Waals surface area contributed by atoms with Crippen molar-refractivity contribution < 1.29 is 9.53 Å². The van der Waals surface area contributed by atoms with Crippen LogP contribution in [-0.2, 0) is 4.79 Å². The molecule has 6 heteroatoms. The Morgan fingerprint density at radius 1 is 1.17 bits per heavy atom. The highest BCUT2D eigenvalue weighted by Crippen LogP contribution is 2.21. The Labute approximate surface area is 145 Å². The number of hydrogen-bond acceptors (Lipinski definition) is 3. The Morgan fingerprint density at radius 3 is 2.46 bits per heavy atom. The van der Waals surface area contributed by atoms with E-state index in [1.54, 1.807) is 14.2 Å². The molecule has 1 rings (SSSR count). The lowest BCUT2D eigenvalue weighted by molar-refractivity contribution is -0.120. The summed E-state index contributed by atoms with van der Waals surface area (Å²) in [6.45, 7) is 5.93. The van der Waals surface area contributed by atoms with Crippen LogP contribution in [0.4, 0.5) is 0 Å². The van der Waals surface area contributed by atoms with E-state index in [1.165, 1.54) is 5.56 Å². The molecule has 0 aliphatic heterocycles. The SMILES string of the molecule is CCCNC(=O)CNC(=NC)NCCC(C)c1ccc(OC)cc1. The van der Waals surface area contributed by atoms with Crippen molar-refractivity contribution in [1.82, 2.24) is 16.0 Å². The van der Waals surface area contributed by atoms with Crippen LogP contribution in [0, 0.1) is 0 Å². The van der Waals surface area contributed by atoms with Crippen molar-refractivity contribution in [2.45, 2.75) is 32.6 Å². The molecule has 1 atom stereocenters. The van der Waals surface area contributed by atoms with E-state index in [4.69, 9.17) is 4.74 Å². The Bertz CT molecular complexity index is 514. The number of carbonyl (C=O) groups is 1. The van der Waals surface area contributed by atoms with Crippen LogP contribution in [-0.4, -0.2) is 45.7 Å². The van der Waals surface area contributed by atoms with Gasteiger partial charge in [-0.1, -0.05) is 26.0 Å². The van der Waals surface area contributed by atoms with Crippen LogP contribution in [0.5, 0.6) is 5.75 Å². The fourth-order valence-corrected chi connectivity index (χ4v) is 2.22. The molecule has 134 valence electrons. The molecule has 6 nitrogen and oxygen atoms in total. The van der Waals surface area contributed by atoms with Gasteiger partial charge in [0.15, 0.2) is 5.96 Å². The summed E-state index contributed by atoms with van der Waals surface area (Å²) in [6, 6.07) is 8.15. The maximum absolute atomic E-state index is 11.6. The van der Waals surface area contributed by atoms with Crippen LogP contribution in [0.25, 0.3) is 0 Å². The molecule has 0 saturated carbocycles. The number of rotatable bonds is 9. The minimum absolute atomic E-state index is 0.0219. The van der Waals surface area contributed by atoms with Gasteiger partial charge in [-0.15, -0.1) is 0 Å². The molecule has 3 N–H and O–H groups in total. The lowest BCUT2D eigenvalue weighted by Crippen LogP contribution is -2.43. The van der Waals surface area contributed by atoms with Crippen molar-refractivity contribution in [1.29, 1.82) is 0 Å². The minimum atomic E-state index is -0.0219. The maximum Gasteiger partial charge on any atom is 0.239 e. The maximum atomic E-state index is 11.6. The van der Waals surface area contributed by atoms with E-state index in [0.29, 0.717) is 18.4 Å². The van der Waals surface area contributed by atoms with Crippen molar-refractivity contribution in [3.05, 3.63) is 29.8 Å². The van der Waals surface area contributed by atoms with Crippen LogP contribution >= 0.6 is 0 Å². The normalized spacial score (nSPS) is 12.4. The molecule has 0 fully saturated rings. The van der Waals surface area contributed by atoms with Gasteiger partial charge >= 0.3 is 0 Å². The highest BCUT2D eigenvalue weighted by Gasteiger charge is 2.07. The van der Waals surface area contributed by atoms with Crippen molar-refractivity contribution >= 4 is 11.9 Å². The number of amides is 1. The molecular formula is C18H30N4O2. The molecule has 0 spiro atoms. The number of carbonyl (C=O) groups excluding carboxylic acids is 1. The van der Waals surface area contributed by atoms with E-state index in [9.17, 15) is 4.79 Å². The third kappa shape index (κ3) is 7.35. The third-order valence-corrected chi connectivity index (χ3v) is 3.77. The molecule has 0 saturated heterocycles. The predicted octanol–water partition coefficient (Wildman–Crippen LogP) is 1.88. The first-order valence-corrected chi connectivity index (χ1v) is 8.45. The van der Waals surface area contributed by atoms with Crippen LogP contribution in [0.3, 0.4) is 0 Å². The highest BCUT2D eigenvalue weighted by atomic mass is 16.5. The smallest absolute Gasteiger partial charge is 0.239 e. The first-order valence-electron chi connectivity index (χ1n) is 8.45. The van der Waals surface area contributed by atoms with Crippen LogP contribution in [0.15, 0.2) is 29.3 Å². The summed E-state index contributed by atoms with van der Waals surface area (Å²) in [5, 5.41) is 9.08. The zero-order valence-electron chi connectivity index (χ0n) is 15.2. The molecule has 1 aromatic carbocycles. The van der Waals surface area contributed by atoms with Crippen molar-refractivity contribution in [3.63, 3.8) is 0 Å². The number of guanidine groups is 1. The summed E-state index contributed by atoms with van der Waals surface area (Å²) in [4.78, 5) is 15.7. The molecule has 0 aromatic heterocycles. The van der Waals surface area contributed by atoms with E-state index in [2.05, 4.69) is 40.0 Å². The second-order valence-corrected chi connectivity index (χ2v) is 5.67. The van der Waals surface area contributed by atoms with E-state index in [1.807, 2.05) is 19.1 Å². The predicted molar refractivity (Wildman–Crippen MR) is 98.7 cm³/mol. The molecule has 0 heterocycles. The second-order valence-electron chi connectivity index (χ2n) is 5.67. The molecule has 0 bridgehead atoms. The van der Waals surface area contributed by atoms with E-state index in [-0.39, 0.29) is 12.5 Å². The lowest BCUT2D eigenvalue weighted by atomic mass is 9.98. The first kappa shape index (κ1) is 19.8. The summed E-state index contributed by atoms with van der Waals surface area (Å²) >= 11 is 0. The van der Waals surface area contributed by atoms with E-state index in [0.717, 1.165) is 25.1 Å². The summed E-state index contributed by atoms with van der Waals surface area (Å²) in [6.07, 6.45) is 1.90. The molecule has 24 heavy (non-hydrogen) atoms. The first-order chi connectivity index (χ1) is 11.6. The lowest BCUT2D eigenvalue weighted by Gasteiger charge is -2.15. The fourth-order valence-electron chi connectivity index (χ4n) is 2.22. The van der Waals surface area contributed by atoms with Gasteiger partial charge in [-0.25, -0.2) is 0 Å². The van der Waals surface area contributed by atoms with Gasteiger partial charge in [-0.3, -0.25) is 9.79 Å². The highest BCUT2D eigenvalue weighted by molar-refractivity contribution is 5.86. The summed E-state index contributed by atoms with van der Waals surface area (Å²) in [7, 11) is 3.37. The van der Waals surface area contributed by atoms with Gasteiger partial charge in [0.2, 0.25) is 5.91 Å². The average molecular weight is 334 g/mol. The number of methoxy groups -OCH3 is 1. The van der Waals surface area contributed by atoms with E-state index < -0.39 is 0 Å². The average Bonchev–Trinajstić information content (AvgIpc) is 2.62. The number of hydrogen-bond donors (Lipinski definition) is 3. The van der Waals surface area contributed by atoms with Crippen molar-refractivity contribution in [2.24, 2.45) is 4.99 Å². The summed E-state index contributed by atoms with van der Waals surface area (Å²) in [5.41, 5.74) is 1.28. The molecule has 1 aromatic rings. The monoisotopic (exact) mass is 334 g/mol. The summed E-state index contributed by atoms with van der Waals surface area (Å²) in [5.74, 6) is 1.92. The van der Waals surface area contributed by atoms with Crippen LogP contribution < -0.4 is 20.7 Å². The number of nitrogens with zero attached hydrogens (tertiary/aromatic N) is 1. The second kappa shape index (κ2) is 11.3. The molecule has 0 aliphatic carbocycles. The number of aliphatic imine (C=N–C) groups is 1. The number of benzene rings is 1. The topological polar surface area (TPSA) is 74.8 Å². The van der Waals surface area contributed by atoms with Gasteiger partial charge in [0.05, 0.1) is 13.7 Å². The van der Waals surface area contributed by atoms with Crippen LogP contribution in [0.2, 0.25) is 0 Å². The molecule has 1 amide bonds. The van der Waals surface area contributed by atoms with Gasteiger partial charge in [0.25, 0.3) is 0 Å². The van der Waals surface area contributed by atoms with Crippen LogP contribution in [0.1, 0.15) is 38.2 Å². The molecule has 0 radical (unpaired) electrons. The quantitative estimate of drug-likeness (QED) is 0.476. The van der Waals surface area contributed by atoms with Crippen molar-refractivity contribution in [2.75, 3.05) is 33.8 Å². The zero-order valence-corrected chi connectivity index (χ0v) is 15.2. The van der Waals surface area contributed by atoms with Gasteiger partial charge in [-0.2, -0.15) is 0 Å². The zero-order chi connectivity index (χ0) is 17.8. The van der Waals surface area contributed by atoms with Gasteiger partial charge < -0.3 is 20.7 Å². The number of ether oxygens (including phenoxy) is 1. The molecule has 0 aliphatic rings. The largest absolute Gasteiger partial charge is 0.497 e. The third-order valence-electron chi connectivity index (χ3n) is 3.77.